The summed E-state index contributed by atoms with van der Waals surface area (Å²) in [5, 5.41) is 0. The number of hydrogen-bond acceptors (Lipinski definition) is 3. The number of nitrogens with zero attached hydrogens (tertiary/aromatic N) is 1. The highest BCUT2D eigenvalue weighted by atomic mass is 32.2. The van der Waals surface area contributed by atoms with Gasteiger partial charge in [-0.3, -0.25) is 4.79 Å². The molecule has 1 heterocycles. The van der Waals surface area contributed by atoms with Gasteiger partial charge in [-0.15, -0.1) is 0 Å². The van der Waals surface area contributed by atoms with Gasteiger partial charge in [0.1, 0.15) is 11.9 Å². The van der Waals surface area contributed by atoms with Gasteiger partial charge in [-0.05, 0) is 49.7 Å². The second kappa shape index (κ2) is 6.33. The van der Waals surface area contributed by atoms with Crippen LogP contribution in [0.3, 0.4) is 0 Å². The monoisotopic (exact) mass is 348 g/mol. The predicted octanol–water partition coefficient (Wildman–Crippen LogP) is 2.22. The van der Waals surface area contributed by atoms with Crippen molar-refractivity contribution in [2.75, 3.05) is 11.4 Å². The van der Waals surface area contributed by atoms with Gasteiger partial charge in [-0.1, -0.05) is 17.7 Å². The van der Waals surface area contributed by atoms with Crippen LogP contribution in [0, 0.1) is 12.7 Å². The van der Waals surface area contributed by atoms with Crippen molar-refractivity contribution in [2.45, 2.75) is 24.3 Å². The van der Waals surface area contributed by atoms with Gasteiger partial charge in [0.2, 0.25) is 15.9 Å². The van der Waals surface area contributed by atoms with E-state index < -0.39 is 16.1 Å². The van der Waals surface area contributed by atoms with Gasteiger partial charge in [-0.25, -0.2) is 12.8 Å². The summed E-state index contributed by atoms with van der Waals surface area (Å²) >= 11 is 0. The molecule has 0 aromatic heterocycles. The molecule has 1 amide bonds. The van der Waals surface area contributed by atoms with Gasteiger partial charge >= 0.3 is 0 Å². The maximum absolute atomic E-state index is 13.0. The van der Waals surface area contributed by atoms with Gasteiger partial charge in [0.05, 0.1) is 4.90 Å². The molecule has 1 fully saturated rings. The molecule has 3 rings (SSSR count). The quantitative estimate of drug-likeness (QED) is 0.921. The van der Waals surface area contributed by atoms with Crippen LogP contribution in [0.5, 0.6) is 0 Å². The summed E-state index contributed by atoms with van der Waals surface area (Å²) in [6.45, 7) is 2.25. The first kappa shape index (κ1) is 16.6. The summed E-state index contributed by atoms with van der Waals surface area (Å²) in [4.78, 5) is 14.0. The summed E-state index contributed by atoms with van der Waals surface area (Å²) in [7, 11) is -3.76. The number of nitrogens with one attached hydrogen (secondary N) is 1. The second-order valence-electron chi connectivity index (χ2n) is 5.74. The van der Waals surface area contributed by atoms with E-state index in [0.717, 1.165) is 5.56 Å². The molecule has 1 atom stereocenters. The van der Waals surface area contributed by atoms with Crippen LogP contribution in [0.1, 0.15) is 12.0 Å². The van der Waals surface area contributed by atoms with E-state index in [0.29, 0.717) is 18.7 Å². The Morgan fingerprint density at radius 3 is 2.33 bits per heavy atom. The normalized spacial score (nSPS) is 18.2. The fourth-order valence-electron chi connectivity index (χ4n) is 2.64. The molecule has 1 aliphatic rings. The minimum Gasteiger partial charge on any atom is -0.311 e. The van der Waals surface area contributed by atoms with E-state index in [4.69, 9.17) is 0 Å². The number of amides is 1. The zero-order valence-corrected chi connectivity index (χ0v) is 13.9. The zero-order valence-electron chi connectivity index (χ0n) is 13.1. The number of aryl methyl sites for hydroxylation is 1. The SMILES string of the molecule is Cc1ccc(S(=O)(=O)N[C@H]2CCN(c3ccc(F)cc3)C2=O)cc1. The van der Waals surface area contributed by atoms with Crippen molar-refractivity contribution in [3.8, 4) is 0 Å². The molecule has 0 unspecified atom stereocenters. The number of carbonyl (C=O) groups is 1. The van der Waals surface area contributed by atoms with Gasteiger partial charge in [0.15, 0.2) is 0 Å². The summed E-state index contributed by atoms with van der Waals surface area (Å²) in [5.74, 6) is -0.723. The highest BCUT2D eigenvalue weighted by Gasteiger charge is 2.35. The van der Waals surface area contributed by atoms with Crippen molar-refractivity contribution in [3.63, 3.8) is 0 Å². The number of anilines is 1. The van der Waals surface area contributed by atoms with Gasteiger partial charge in [0, 0.05) is 12.2 Å². The first-order chi connectivity index (χ1) is 11.4. The number of carbonyl (C=O) groups excluding carboxylic acids is 1. The number of halogens is 1. The predicted molar refractivity (Wildman–Crippen MR) is 88.7 cm³/mol. The highest BCUT2D eigenvalue weighted by Crippen LogP contribution is 2.23. The molecule has 2 aromatic rings. The highest BCUT2D eigenvalue weighted by molar-refractivity contribution is 7.89. The van der Waals surface area contributed by atoms with Crippen molar-refractivity contribution >= 4 is 21.6 Å². The van der Waals surface area contributed by atoms with Crippen LogP contribution >= 0.6 is 0 Å². The Morgan fingerprint density at radius 2 is 1.71 bits per heavy atom. The molecule has 0 saturated carbocycles. The van der Waals surface area contributed by atoms with E-state index in [1.165, 1.54) is 41.3 Å². The van der Waals surface area contributed by atoms with Gasteiger partial charge in [-0.2, -0.15) is 4.72 Å². The van der Waals surface area contributed by atoms with Crippen LogP contribution < -0.4 is 9.62 Å². The zero-order chi connectivity index (χ0) is 17.3. The lowest BCUT2D eigenvalue weighted by atomic mass is 10.2. The first-order valence-corrected chi connectivity index (χ1v) is 9.01. The summed E-state index contributed by atoms with van der Waals surface area (Å²) in [5.41, 5.74) is 1.51. The van der Waals surface area contributed by atoms with Crippen molar-refractivity contribution in [1.29, 1.82) is 0 Å². The molecule has 126 valence electrons. The van der Waals surface area contributed by atoms with E-state index in [2.05, 4.69) is 4.72 Å². The maximum atomic E-state index is 13.0. The first-order valence-electron chi connectivity index (χ1n) is 7.53. The Balaban J connectivity index is 1.76. The van der Waals surface area contributed by atoms with Crippen molar-refractivity contribution in [3.05, 3.63) is 59.9 Å². The Labute approximate surface area is 140 Å². The molecule has 0 bridgehead atoms. The number of sulfonamides is 1. The molecule has 1 N–H and O–H groups in total. The summed E-state index contributed by atoms with van der Waals surface area (Å²) in [6.07, 6.45) is 0.362. The number of rotatable bonds is 4. The third kappa shape index (κ3) is 3.32. The average Bonchev–Trinajstić information content (AvgIpc) is 2.89. The molecular weight excluding hydrogens is 331 g/mol. The Hall–Kier alpha value is -2.25. The third-order valence-electron chi connectivity index (χ3n) is 3.97. The lowest BCUT2D eigenvalue weighted by molar-refractivity contribution is -0.118. The molecule has 0 radical (unpaired) electrons. The van der Waals surface area contributed by atoms with Crippen LogP contribution in [0.4, 0.5) is 10.1 Å². The molecular formula is C17H17FN2O3S. The lowest BCUT2D eigenvalue weighted by Gasteiger charge is -2.17. The minimum atomic E-state index is -3.76. The molecule has 24 heavy (non-hydrogen) atoms. The minimum absolute atomic E-state index is 0.126. The van der Waals surface area contributed by atoms with E-state index >= 15 is 0 Å². The third-order valence-corrected chi connectivity index (χ3v) is 5.46. The smallest absolute Gasteiger partial charge is 0.245 e. The molecule has 0 aliphatic carbocycles. The Morgan fingerprint density at radius 1 is 1.08 bits per heavy atom. The lowest BCUT2D eigenvalue weighted by Crippen LogP contribution is -2.41. The van der Waals surface area contributed by atoms with Crippen molar-refractivity contribution in [2.24, 2.45) is 0 Å². The second-order valence-corrected chi connectivity index (χ2v) is 7.46. The van der Waals surface area contributed by atoms with Gasteiger partial charge < -0.3 is 4.90 Å². The van der Waals surface area contributed by atoms with Crippen molar-refractivity contribution in [1.82, 2.24) is 4.72 Å². The van der Waals surface area contributed by atoms with Crippen LogP contribution in [-0.2, 0) is 14.8 Å². The van der Waals surface area contributed by atoms with E-state index in [9.17, 15) is 17.6 Å². The fourth-order valence-corrected chi connectivity index (χ4v) is 3.86. The van der Waals surface area contributed by atoms with E-state index in [1.807, 2.05) is 6.92 Å². The Bertz CT molecular complexity index is 848. The largest absolute Gasteiger partial charge is 0.311 e. The van der Waals surface area contributed by atoms with E-state index in [1.54, 1.807) is 12.1 Å². The van der Waals surface area contributed by atoms with E-state index in [-0.39, 0.29) is 16.6 Å². The van der Waals surface area contributed by atoms with Crippen LogP contribution in [0.2, 0.25) is 0 Å². The van der Waals surface area contributed by atoms with Crippen LogP contribution in [0.15, 0.2) is 53.4 Å². The number of hydrogen-bond donors (Lipinski definition) is 1. The average molecular weight is 348 g/mol. The van der Waals surface area contributed by atoms with Crippen molar-refractivity contribution < 1.29 is 17.6 Å². The molecule has 1 saturated heterocycles. The Kier molecular flexibility index (Phi) is 4.38. The maximum Gasteiger partial charge on any atom is 0.245 e. The topological polar surface area (TPSA) is 66.5 Å². The molecule has 0 spiro atoms. The van der Waals surface area contributed by atoms with Crippen LogP contribution in [-0.4, -0.2) is 26.9 Å². The molecule has 2 aromatic carbocycles. The summed E-state index contributed by atoms with van der Waals surface area (Å²) in [6, 6.07) is 11.2. The molecule has 7 heteroatoms. The molecule has 5 nitrogen and oxygen atoms in total. The van der Waals surface area contributed by atoms with Crippen LogP contribution in [0.25, 0.3) is 0 Å². The standard InChI is InChI=1S/C17H17FN2O3S/c1-12-2-8-15(9-3-12)24(22,23)19-16-10-11-20(17(16)21)14-6-4-13(18)5-7-14/h2-9,16,19H,10-11H2,1H3/t16-/m0/s1. The van der Waals surface area contributed by atoms with Gasteiger partial charge in [0.25, 0.3) is 0 Å². The fraction of sp³-hybridized carbons (Fsp3) is 0.235. The molecule has 1 aliphatic heterocycles. The summed E-state index contributed by atoms with van der Waals surface area (Å²) < 4.78 is 40.3. The number of benzene rings is 2.